The lowest BCUT2D eigenvalue weighted by Gasteiger charge is -2.15. The summed E-state index contributed by atoms with van der Waals surface area (Å²) in [6, 6.07) is 12.4. The minimum absolute atomic E-state index is 0.130. The van der Waals surface area contributed by atoms with Crippen molar-refractivity contribution in [2.75, 3.05) is 25.5 Å². The molecule has 1 saturated heterocycles. The maximum absolute atomic E-state index is 12.6. The second-order valence-corrected chi connectivity index (χ2v) is 10.1. The Bertz CT molecular complexity index is 1150. The first-order valence-electron chi connectivity index (χ1n) is 9.79. The second kappa shape index (κ2) is 8.71. The van der Waals surface area contributed by atoms with E-state index in [1.54, 1.807) is 31.4 Å². The molecule has 0 bridgehead atoms. The fraction of sp³-hybridized carbons (Fsp3) is 0.333. The van der Waals surface area contributed by atoms with Gasteiger partial charge in [0, 0.05) is 19.5 Å². The quantitative estimate of drug-likeness (QED) is 0.600. The van der Waals surface area contributed by atoms with Gasteiger partial charge in [-0.2, -0.15) is 4.31 Å². The highest BCUT2D eigenvalue weighted by Crippen LogP contribution is 2.29. The summed E-state index contributed by atoms with van der Waals surface area (Å²) in [6.45, 7) is 1.17. The minimum atomic E-state index is -3.41. The smallest absolute Gasteiger partial charge is 0.243 e. The van der Waals surface area contributed by atoms with Gasteiger partial charge in [-0.1, -0.05) is 23.5 Å². The van der Waals surface area contributed by atoms with E-state index in [-0.39, 0.29) is 12.3 Å². The molecule has 1 aliphatic heterocycles. The van der Waals surface area contributed by atoms with Crippen molar-refractivity contribution < 1.29 is 17.9 Å². The lowest BCUT2D eigenvalue weighted by Crippen LogP contribution is -2.27. The van der Waals surface area contributed by atoms with Crippen molar-refractivity contribution in [3.05, 3.63) is 48.0 Å². The third-order valence-electron chi connectivity index (χ3n) is 5.11. The van der Waals surface area contributed by atoms with Crippen molar-refractivity contribution >= 4 is 42.6 Å². The van der Waals surface area contributed by atoms with Gasteiger partial charge in [0.25, 0.3) is 0 Å². The molecule has 0 saturated carbocycles. The zero-order valence-electron chi connectivity index (χ0n) is 16.6. The van der Waals surface area contributed by atoms with Crippen LogP contribution in [-0.4, -0.2) is 43.8 Å². The number of sulfonamides is 1. The lowest BCUT2D eigenvalue weighted by atomic mass is 10.1. The topological polar surface area (TPSA) is 88.6 Å². The largest absolute Gasteiger partial charge is 0.497 e. The Morgan fingerprint density at radius 2 is 1.90 bits per heavy atom. The summed E-state index contributed by atoms with van der Waals surface area (Å²) < 4.78 is 32.8. The van der Waals surface area contributed by atoms with E-state index in [4.69, 9.17) is 4.74 Å². The number of rotatable bonds is 7. The summed E-state index contributed by atoms with van der Waals surface area (Å²) in [5, 5.41) is 3.39. The van der Waals surface area contributed by atoms with Crippen molar-refractivity contribution in [3.63, 3.8) is 0 Å². The number of amides is 1. The van der Waals surface area contributed by atoms with Crippen molar-refractivity contribution in [1.29, 1.82) is 0 Å². The first-order chi connectivity index (χ1) is 14.5. The molecule has 3 aromatic rings. The number of aryl methyl sites for hydroxylation is 1. The van der Waals surface area contributed by atoms with Crippen LogP contribution >= 0.6 is 11.3 Å². The molecule has 4 rings (SSSR count). The molecule has 0 aliphatic carbocycles. The van der Waals surface area contributed by atoms with Gasteiger partial charge in [0.05, 0.1) is 22.2 Å². The van der Waals surface area contributed by atoms with E-state index in [0.717, 1.165) is 34.4 Å². The number of methoxy groups -OCH3 is 1. The Labute approximate surface area is 179 Å². The second-order valence-electron chi connectivity index (χ2n) is 7.16. The van der Waals surface area contributed by atoms with Crippen LogP contribution in [0.3, 0.4) is 0 Å². The third kappa shape index (κ3) is 4.48. The molecule has 7 nitrogen and oxygen atoms in total. The van der Waals surface area contributed by atoms with Gasteiger partial charge in [-0.15, -0.1) is 0 Å². The van der Waals surface area contributed by atoms with Gasteiger partial charge in [-0.25, -0.2) is 13.4 Å². The van der Waals surface area contributed by atoms with Crippen molar-refractivity contribution in [1.82, 2.24) is 9.29 Å². The molecule has 1 fully saturated rings. The average molecular weight is 446 g/mol. The molecule has 0 spiro atoms. The number of benzene rings is 2. The standard InChI is InChI=1S/C21H23N3O4S2/c1-28-16-7-10-18-19(14-16)29-21(22-18)23-20(25)11-6-15-4-8-17(9-5-15)30(26,27)24-12-2-3-13-24/h4-5,7-10,14H,2-3,6,11-13H2,1H3,(H,22,23,25). The highest BCUT2D eigenvalue weighted by Gasteiger charge is 2.26. The lowest BCUT2D eigenvalue weighted by molar-refractivity contribution is -0.116. The highest BCUT2D eigenvalue weighted by atomic mass is 32.2. The van der Waals surface area contributed by atoms with Crippen molar-refractivity contribution in [2.45, 2.75) is 30.6 Å². The number of nitrogens with zero attached hydrogens (tertiary/aromatic N) is 2. The molecule has 1 N–H and O–H groups in total. The van der Waals surface area contributed by atoms with E-state index >= 15 is 0 Å². The molecular weight excluding hydrogens is 422 g/mol. The minimum Gasteiger partial charge on any atom is -0.497 e. The molecule has 1 aromatic heterocycles. The zero-order chi connectivity index (χ0) is 21.1. The first kappa shape index (κ1) is 20.8. The number of fused-ring (bicyclic) bond motifs is 1. The van der Waals surface area contributed by atoms with Gasteiger partial charge in [-0.05, 0) is 55.2 Å². The van der Waals surface area contributed by atoms with Gasteiger partial charge < -0.3 is 10.1 Å². The predicted molar refractivity (Wildman–Crippen MR) is 118 cm³/mol. The van der Waals surface area contributed by atoms with Gasteiger partial charge in [0.2, 0.25) is 15.9 Å². The number of hydrogen-bond acceptors (Lipinski definition) is 6. The molecule has 0 unspecified atom stereocenters. The van der Waals surface area contributed by atoms with Gasteiger partial charge in [-0.3, -0.25) is 4.79 Å². The molecule has 1 aliphatic rings. The number of ether oxygens (including phenoxy) is 1. The molecule has 0 radical (unpaired) electrons. The summed E-state index contributed by atoms with van der Waals surface area (Å²) >= 11 is 1.40. The van der Waals surface area contributed by atoms with Crippen LogP contribution in [0.2, 0.25) is 0 Å². The summed E-state index contributed by atoms with van der Waals surface area (Å²) in [5.41, 5.74) is 1.73. The normalized spacial score (nSPS) is 14.8. The van der Waals surface area contributed by atoms with Crippen LogP contribution in [0.4, 0.5) is 5.13 Å². The summed E-state index contributed by atoms with van der Waals surface area (Å²) in [5.74, 6) is 0.619. The average Bonchev–Trinajstić information content (AvgIpc) is 3.42. The van der Waals surface area contributed by atoms with Crippen molar-refractivity contribution in [3.8, 4) is 5.75 Å². The molecule has 0 atom stereocenters. The molecule has 30 heavy (non-hydrogen) atoms. The molecule has 2 aromatic carbocycles. The zero-order valence-corrected chi connectivity index (χ0v) is 18.3. The Kier molecular flexibility index (Phi) is 6.03. The van der Waals surface area contributed by atoms with E-state index in [2.05, 4.69) is 10.3 Å². The number of thiazole rings is 1. The van der Waals surface area contributed by atoms with Crippen LogP contribution in [0.15, 0.2) is 47.4 Å². The molecule has 158 valence electrons. The summed E-state index contributed by atoms with van der Waals surface area (Å²) in [6.07, 6.45) is 2.63. The van der Waals surface area contributed by atoms with Gasteiger partial charge in [0.15, 0.2) is 5.13 Å². The fourth-order valence-corrected chi connectivity index (χ4v) is 5.86. The molecule has 9 heteroatoms. The van der Waals surface area contributed by atoms with Crippen molar-refractivity contribution in [2.24, 2.45) is 0 Å². The number of aromatic nitrogens is 1. The number of carbonyl (C=O) groups excluding carboxylic acids is 1. The van der Waals surface area contributed by atoms with E-state index in [1.165, 1.54) is 15.6 Å². The predicted octanol–water partition coefficient (Wildman–Crippen LogP) is 3.66. The Hall–Kier alpha value is -2.49. The third-order valence-corrected chi connectivity index (χ3v) is 7.96. The van der Waals surface area contributed by atoms with E-state index in [0.29, 0.717) is 29.5 Å². The number of anilines is 1. The van der Waals surface area contributed by atoms with Crippen LogP contribution in [0.1, 0.15) is 24.8 Å². The maximum atomic E-state index is 12.6. The summed E-state index contributed by atoms with van der Waals surface area (Å²) in [7, 11) is -1.80. The fourth-order valence-electron chi connectivity index (χ4n) is 3.43. The summed E-state index contributed by atoms with van der Waals surface area (Å²) in [4.78, 5) is 17.0. The SMILES string of the molecule is COc1ccc2nc(NC(=O)CCc3ccc(S(=O)(=O)N4CCCC4)cc3)sc2c1. The molecule has 1 amide bonds. The Balaban J connectivity index is 1.34. The van der Waals surface area contributed by atoms with Crippen LogP contribution in [0.5, 0.6) is 5.75 Å². The molecule has 2 heterocycles. The maximum Gasteiger partial charge on any atom is 0.243 e. The van der Waals surface area contributed by atoms with Crippen LogP contribution in [-0.2, 0) is 21.2 Å². The van der Waals surface area contributed by atoms with Gasteiger partial charge in [0.1, 0.15) is 5.75 Å². The van der Waals surface area contributed by atoms with Crippen LogP contribution in [0.25, 0.3) is 10.2 Å². The van der Waals surface area contributed by atoms with E-state index in [1.807, 2.05) is 18.2 Å². The number of hydrogen-bond donors (Lipinski definition) is 1. The van der Waals surface area contributed by atoms with Gasteiger partial charge >= 0.3 is 0 Å². The van der Waals surface area contributed by atoms with Crippen LogP contribution in [0, 0.1) is 0 Å². The number of nitrogens with one attached hydrogen (secondary N) is 1. The van der Waals surface area contributed by atoms with E-state index in [9.17, 15) is 13.2 Å². The molecular formula is C21H23N3O4S2. The van der Waals surface area contributed by atoms with Crippen LogP contribution < -0.4 is 10.1 Å². The first-order valence-corrected chi connectivity index (χ1v) is 12.0. The monoisotopic (exact) mass is 445 g/mol. The Morgan fingerprint density at radius 3 is 2.60 bits per heavy atom. The highest BCUT2D eigenvalue weighted by molar-refractivity contribution is 7.89. The number of carbonyl (C=O) groups is 1. The Morgan fingerprint density at radius 1 is 1.17 bits per heavy atom. The van der Waals surface area contributed by atoms with E-state index < -0.39 is 10.0 Å².